The second-order valence-electron chi connectivity index (χ2n) is 9.42. The van der Waals surface area contributed by atoms with Crippen LogP contribution in [0.25, 0.3) is 6.08 Å². The highest BCUT2D eigenvalue weighted by molar-refractivity contribution is 6.56. The second kappa shape index (κ2) is 8.92. The summed E-state index contributed by atoms with van der Waals surface area (Å²) in [7, 11) is 0.695. The second-order valence-corrected chi connectivity index (χ2v) is 9.42. The molecule has 1 aliphatic rings. The fraction of sp³-hybridized carbons (Fsp3) is 0.545. The van der Waals surface area contributed by atoms with Crippen LogP contribution in [0.4, 0.5) is 4.79 Å². The first-order chi connectivity index (χ1) is 14.1. The quantitative estimate of drug-likeness (QED) is 0.655. The fourth-order valence-electron chi connectivity index (χ4n) is 2.86. The number of amides is 1. The Labute approximate surface area is 184 Å². The highest BCUT2D eigenvalue weighted by Gasteiger charge is 2.52. The zero-order chi connectivity index (χ0) is 23.6. The van der Waals surface area contributed by atoms with Crippen molar-refractivity contribution in [3.05, 3.63) is 34.8 Å². The van der Waals surface area contributed by atoms with E-state index in [9.17, 15) is 14.7 Å². The normalized spacial score (nSPS) is 17.9. The molecule has 1 aromatic rings. The van der Waals surface area contributed by atoms with Crippen LogP contribution in [-0.2, 0) is 14.0 Å². The van der Waals surface area contributed by atoms with Crippen LogP contribution < -0.4 is 10.1 Å². The lowest BCUT2D eigenvalue weighted by molar-refractivity contribution is 0.00578. The summed E-state index contributed by atoms with van der Waals surface area (Å²) in [6, 6.07) is 4.75. The van der Waals surface area contributed by atoms with Crippen LogP contribution >= 0.6 is 0 Å². The smallest absolute Gasteiger partial charge is 0.492 e. The van der Waals surface area contributed by atoms with Crippen molar-refractivity contribution in [3.8, 4) is 5.75 Å². The standard InChI is InChI=1S/C22H32BNO7/c1-20(2,3)29-19(27)24-13-15(23-30-21(4,5)22(6,7)31-23)11-14-9-10-16(28-8)12-17(14)18(25)26/h9-12H,13H2,1-8H3,(H,24,27)(H,25,26). The summed E-state index contributed by atoms with van der Waals surface area (Å²) >= 11 is 0. The summed E-state index contributed by atoms with van der Waals surface area (Å²) < 4.78 is 22.7. The molecule has 1 fully saturated rings. The highest BCUT2D eigenvalue weighted by atomic mass is 16.7. The summed E-state index contributed by atoms with van der Waals surface area (Å²) in [5.74, 6) is -0.669. The van der Waals surface area contributed by atoms with Gasteiger partial charge in [0.15, 0.2) is 0 Å². The van der Waals surface area contributed by atoms with Gasteiger partial charge in [0.25, 0.3) is 0 Å². The van der Waals surface area contributed by atoms with Crippen molar-refractivity contribution >= 4 is 25.3 Å². The fourth-order valence-corrected chi connectivity index (χ4v) is 2.86. The van der Waals surface area contributed by atoms with E-state index in [1.807, 2.05) is 27.7 Å². The van der Waals surface area contributed by atoms with Crippen molar-refractivity contribution in [2.24, 2.45) is 0 Å². The number of hydrogen-bond donors (Lipinski definition) is 2. The maximum absolute atomic E-state index is 12.2. The zero-order valence-electron chi connectivity index (χ0n) is 19.5. The van der Waals surface area contributed by atoms with E-state index in [0.717, 1.165) is 0 Å². The van der Waals surface area contributed by atoms with Crippen molar-refractivity contribution in [2.75, 3.05) is 13.7 Å². The number of benzene rings is 1. The summed E-state index contributed by atoms with van der Waals surface area (Å²) in [5, 5.41) is 12.3. The molecule has 1 amide bonds. The average Bonchev–Trinajstić information content (AvgIpc) is 2.84. The maximum atomic E-state index is 12.2. The van der Waals surface area contributed by atoms with E-state index in [2.05, 4.69) is 5.32 Å². The summed E-state index contributed by atoms with van der Waals surface area (Å²) in [4.78, 5) is 24.0. The van der Waals surface area contributed by atoms with E-state index in [1.54, 1.807) is 39.0 Å². The lowest BCUT2D eigenvalue weighted by Crippen LogP contribution is -2.41. The monoisotopic (exact) mass is 433 g/mol. The number of carbonyl (C=O) groups excluding carboxylic acids is 1. The molecule has 31 heavy (non-hydrogen) atoms. The predicted molar refractivity (Wildman–Crippen MR) is 118 cm³/mol. The Balaban J connectivity index is 2.41. The van der Waals surface area contributed by atoms with Crippen LogP contribution in [0.2, 0.25) is 0 Å². The Morgan fingerprint density at radius 3 is 2.23 bits per heavy atom. The topological polar surface area (TPSA) is 103 Å². The van der Waals surface area contributed by atoms with Gasteiger partial charge in [-0.3, -0.25) is 0 Å². The minimum Gasteiger partial charge on any atom is -0.497 e. The number of carbonyl (C=O) groups is 2. The number of nitrogens with one attached hydrogen (secondary N) is 1. The van der Waals surface area contributed by atoms with Gasteiger partial charge in [0.1, 0.15) is 11.4 Å². The van der Waals surface area contributed by atoms with E-state index in [4.69, 9.17) is 18.8 Å². The van der Waals surface area contributed by atoms with E-state index in [1.165, 1.54) is 13.2 Å². The molecule has 0 radical (unpaired) electrons. The summed E-state index contributed by atoms with van der Waals surface area (Å²) in [6.45, 7) is 13.0. The van der Waals surface area contributed by atoms with E-state index in [-0.39, 0.29) is 12.1 Å². The third-order valence-corrected chi connectivity index (χ3v) is 5.22. The number of rotatable bonds is 6. The Morgan fingerprint density at radius 1 is 1.16 bits per heavy atom. The summed E-state index contributed by atoms with van der Waals surface area (Å²) in [5.41, 5.74) is -0.798. The number of methoxy groups -OCH3 is 1. The molecule has 2 rings (SSSR count). The molecule has 0 aromatic heterocycles. The Hall–Kier alpha value is -2.52. The van der Waals surface area contributed by atoms with Gasteiger partial charge in [0.05, 0.1) is 23.9 Å². The Kier molecular flexibility index (Phi) is 7.12. The molecule has 8 nitrogen and oxygen atoms in total. The molecule has 1 aliphatic heterocycles. The van der Waals surface area contributed by atoms with E-state index in [0.29, 0.717) is 16.8 Å². The lowest BCUT2D eigenvalue weighted by Gasteiger charge is -2.32. The highest BCUT2D eigenvalue weighted by Crippen LogP contribution is 2.39. The van der Waals surface area contributed by atoms with Gasteiger partial charge in [-0.2, -0.15) is 0 Å². The van der Waals surface area contributed by atoms with E-state index < -0.39 is 36.0 Å². The van der Waals surface area contributed by atoms with Crippen LogP contribution in [0.5, 0.6) is 5.75 Å². The molecule has 0 atom stereocenters. The van der Waals surface area contributed by atoms with Gasteiger partial charge in [0.2, 0.25) is 0 Å². The van der Waals surface area contributed by atoms with Crippen LogP contribution in [0, 0.1) is 0 Å². The molecule has 0 aliphatic carbocycles. The van der Waals surface area contributed by atoms with Crippen molar-refractivity contribution in [1.29, 1.82) is 0 Å². The van der Waals surface area contributed by atoms with Gasteiger partial charge in [-0.1, -0.05) is 12.1 Å². The first kappa shape index (κ1) is 24.8. The molecule has 1 aromatic carbocycles. The van der Waals surface area contributed by atoms with Gasteiger partial charge in [-0.05, 0) is 71.6 Å². The minimum absolute atomic E-state index is 0.0524. The number of hydrogen-bond acceptors (Lipinski definition) is 6. The van der Waals surface area contributed by atoms with Crippen LogP contribution in [0.1, 0.15) is 64.4 Å². The SMILES string of the molecule is COc1ccc(C=C(CNC(=O)OC(C)(C)C)B2OC(C)(C)C(C)(C)O2)c(C(=O)O)c1. The number of carboxylic acids is 1. The molecule has 0 bridgehead atoms. The Morgan fingerprint density at radius 2 is 1.74 bits per heavy atom. The molecule has 1 saturated heterocycles. The zero-order valence-corrected chi connectivity index (χ0v) is 19.5. The van der Waals surface area contributed by atoms with Gasteiger partial charge in [0, 0.05) is 6.54 Å². The van der Waals surface area contributed by atoms with Crippen LogP contribution in [0.3, 0.4) is 0 Å². The molecular weight excluding hydrogens is 401 g/mol. The van der Waals surface area contributed by atoms with E-state index >= 15 is 0 Å². The van der Waals surface area contributed by atoms with Crippen molar-refractivity contribution in [3.63, 3.8) is 0 Å². The minimum atomic E-state index is -1.10. The Bertz CT molecular complexity index is 855. The molecule has 0 unspecified atom stereocenters. The third-order valence-electron chi connectivity index (χ3n) is 5.22. The molecule has 170 valence electrons. The lowest BCUT2D eigenvalue weighted by atomic mass is 9.76. The number of ether oxygens (including phenoxy) is 2. The molecule has 0 spiro atoms. The van der Waals surface area contributed by atoms with Gasteiger partial charge >= 0.3 is 19.2 Å². The molecule has 9 heteroatoms. The molecular formula is C22H32BNO7. The number of carboxylic acid groups (broad SMARTS) is 1. The largest absolute Gasteiger partial charge is 0.497 e. The molecule has 1 heterocycles. The van der Waals surface area contributed by atoms with Gasteiger partial charge in [-0.15, -0.1) is 0 Å². The maximum Gasteiger partial charge on any atom is 0.492 e. The van der Waals surface area contributed by atoms with Crippen LogP contribution in [0.15, 0.2) is 23.7 Å². The first-order valence-electron chi connectivity index (χ1n) is 10.1. The van der Waals surface area contributed by atoms with Crippen molar-refractivity contribution in [1.82, 2.24) is 5.32 Å². The van der Waals surface area contributed by atoms with Gasteiger partial charge < -0.3 is 29.2 Å². The number of aromatic carboxylic acids is 1. The number of alkyl carbamates (subject to hydrolysis) is 1. The predicted octanol–water partition coefficient (Wildman–Crippen LogP) is 3.93. The van der Waals surface area contributed by atoms with Crippen LogP contribution in [-0.4, -0.2) is 54.7 Å². The van der Waals surface area contributed by atoms with Crippen molar-refractivity contribution < 1.29 is 33.5 Å². The first-order valence-corrected chi connectivity index (χ1v) is 10.1. The third kappa shape index (κ3) is 6.24. The van der Waals surface area contributed by atoms with Crippen molar-refractivity contribution in [2.45, 2.75) is 65.3 Å². The van der Waals surface area contributed by atoms with Gasteiger partial charge in [-0.25, -0.2) is 9.59 Å². The average molecular weight is 433 g/mol. The molecule has 2 N–H and O–H groups in total. The summed E-state index contributed by atoms with van der Waals surface area (Å²) in [6.07, 6.45) is 1.06. The molecule has 0 saturated carbocycles.